The molecular weight excluding hydrogens is 228 g/mol. The highest BCUT2D eigenvalue weighted by Gasteiger charge is 2.09. The first-order valence-electron chi connectivity index (χ1n) is 5.59. The Morgan fingerprint density at radius 3 is 2.72 bits per heavy atom. The fourth-order valence-corrected chi connectivity index (χ4v) is 1.65. The number of carbonyl (C=O) groups excluding carboxylic acids is 1. The van der Waals surface area contributed by atoms with Crippen LogP contribution in [0.25, 0.3) is 0 Å². The van der Waals surface area contributed by atoms with E-state index in [1.807, 2.05) is 30.3 Å². The fourth-order valence-electron chi connectivity index (χ4n) is 1.65. The average molecular weight is 242 g/mol. The van der Waals surface area contributed by atoms with E-state index in [4.69, 9.17) is 4.74 Å². The Balaban J connectivity index is 2.18. The van der Waals surface area contributed by atoms with Crippen LogP contribution in [0.2, 0.25) is 0 Å². The van der Waals surface area contributed by atoms with Crippen molar-refractivity contribution < 1.29 is 9.53 Å². The molecule has 0 saturated heterocycles. The molecule has 0 aliphatic carbocycles. The van der Waals surface area contributed by atoms with E-state index in [9.17, 15) is 4.79 Å². The molecule has 0 amide bonds. The third-order valence-corrected chi connectivity index (χ3v) is 2.57. The third-order valence-electron chi connectivity index (χ3n) is 2.57. The van der Waals surface area contributed by atoms with Crippen molar-refractivity contribution in [1.29, 1.82) is 0 Å². The Labute approximate surface area is 106 Å². The van der Waals surface area contributed by atoms with Gasteiger partial charge in [0.25, 0.3) is 0 Å². The number of nitrogens with one attached hydrogen (secondary N) is 1. The van der Waals surface area contributed by atoms with E-state index in [-0.39, 0.29) is 6.04 Å². The maximum atomic E-state index is 11.2. The predicted octanol–water partition coefficient (Wildman–Crippen LogP) is 2.44. The second-order valence-corrected chi connectivity index (χ2v) is 3.78. The number of hydrogen-bond donors (Lipinski definition) is 1. The van der Waals surface area contributed by atoms with Gasteiger partial charge in [0.15, 0.2) is 0 Å². The molecule has 4 nitrogen and oxygen atoms in total. The predicted molar refractivity (Wildman–Crippen MR) is 69.7 cm³/mol. The topological polar surface area (TPSA) is 51.2 Å². The van der Waals surface area contributed by atoms with E-state index >= 15 is 0 Å². The van der Waals surface area contributed by atoms with Gasteiger partial charge >= 0.3 is 0 Å². The molecule has 92 valence electrons. The minimum absolute atomic E-state index is 0.389. The SMILES string of the molecule is COc1cncc(NC(C=O)c2ccccc2)c1. The summed E-state index contributed by atoms with van der Waals surface area (Å²) in [5.74, 6) is 0.651. The lowest BCUT2D eigenvalue weighted by Crippen LogP contribution is -2.12. The maximum absolute atomic E-state index is 11.2. The van der Waals surface area contributed by atoms with Crippen LogP contribution in [0.15, 0.2) is 48.8 Å². The molecule has 18 heavy (non-hydrogen) atoms. The molecule has 4 heteroatoms. The molecule has 1 atom stereocenters. The van der Waals surface area contributed by atoms with Gasteiger partial charge in [-0.25, -0.2) is 0 Å². The molecule has 1 N–H and O–H groups in total. The van der Waals surface area contributed by atoms with Crippen LogP contribution in [0.4, 0.5) is 5.69 Å². The van der Waals surface area contributed by atoms with Crippen LogP contribution in [0.5, 0.6) is 5.75 Å². The monoisotopic (exact) mass is 242 g/mol. The van der Waals surface area contributed by atoms with Gasteiger partial charge in [-0.1, -0.05) is 30.3 Å². The molecule has 0 bridgehead atoms. The lowest BCUT2D eigenvalue weighted by Gasteiger charge is -2.14. The molecule has 2 aromatic rings. The van der Waals surface area contributed by atoms with Crippen LogP contribution in [-0.4, -0.2) is 18.4 Å². The van der Waals surface area contributed by atoms with Gasteiger partial charge in [0.1, 0.15) is 18.1 Å². The van der Waals surface area contributed by atoms with Crippen molar-refractivity contribution >= 4 is 12.0 Å². The number of anilines is 1. The van der Waals surface area contributed by atoms with E-state index in [0.29, 0.717) is 5.75 Å². The number of pyridine rings is 1. The van der Waals surface area contributed by atoms with E-state index in [2.05, 4.69) is 10.3 Å². The van der Waals surface area contributed by atoms with Gasteiger partial charge in [-0.15, -0.1) is 0 Å². The zero-order chi connectivity index (χ0) is 12.8. The number of aromatic nitrogens is 1. The Morgan fingerprint density at radius 1 is 1.28 bits per heavy atom. The minimum Gasteiger partial charge on any atom is -0.495 e. The number of aldehydes is 1. The van der Waals surface area contributed by atoms with Gasteiger partial charge in [-0.05, 0) is 5.56 Å². The van der Waals surface area contributed by atoms with E-state index < -0.39 is 0 Å². The normalized spacial score (nSPS) is 11.6. The number of nitrogens with zero attached hydrogens (tertiary/aromatic N) is 1. The summed E-state index contributed by atoms with van der Waals surface area (Å²) in [5.41, 5.74) is 1.66. The Kier molecular flexibility index (Phi) is 3.91. The summed E-state index contributed by atoms with van der Waals surface area (Å²) in [7, 11) is 1.58. The molecule has 2 rings (SSSR count). The second-order valence-electron chi connectivity index (χ2n) is 3.78. The number of hydrogen-bond acceptors (Lipinski definition) is 4. The molecule has 1 unspecified atom stereocenters. The van der Waals surface area contributed by atoms with Gasteiger partial charge < -0.3 is 14.8 Å². The highest BCUT2D eigenvalue weighted by atomic mass is 16.5. The molecule has 0 radical (unpaired) electrons. The van der Waals surface area contributed by atoms with Crippen molar-refractivity contribution in [3.8, 4) is 5.75 Å². The fraction of sp³-hybridized carbons (Fsp3) is 0.143. The summed E-state index contributed by atoms with van der Waals surface area (Å²) in [6.45, 7) is 0. The van der Waals surface area contributed by atoms with Crippen LogP contribution in [0, 0.1) is 0 Å². The number of benzene rings is 1. The van der Waals surface area contributed by atoms with Gasteiger partial charge in [0, 0.05) is 6.07 Å². The van der Waals surface area contributed by atoms with Crippen molar-refractivity contribution in [2.24, 2.45) is 0 Å². The Bertz CT molecular complexity index is 514. The average Bonchev–Trinajstić information content (AvgIpc) is 2.46. The summed E-state index contributed by atoms with van der Waals surface area (Å²) in [5, 5.41) is 3.11. The minimum atomic E-state index is -0.389. The summed E-state index contributed by atoms with van der Waals surface area (Å²) >= 11 is 0. The first-order chi connectivity index (χ1) is 8.83. The standard InChI is InChI=1S/C14H14N2O2/c1-18-13-7-12(8-15-9-13)16-14(10-17)11-5-3-2-4-6-11/h2-10,14,16H,1H3. The van der Waals surface area contributed by atoms with Crippen molar-refractivity contribution in [2.75, 3.05) is 12.4 Å². The molecule has 1 aromatic heterocycles. The first-order valence-corrected chi connectivity index (χ1v) is 5.59. The Morgan fingerprint density at radius 2 is 2.06 bits per heavy atom. The zero-order valence-corrected chi connectivity index (χ0v) is 10.0. The molecule has 0 fully saturated rings. The summed E-state index contributed by atoms with van der Waals surface area (Å²) in [6.07, 6.45) is 4.14. The van der Waals surface area contributed by atoms with Crippen molar-refractivity contribution in [1.82, 2.24) is 4.98 Å². The van der Waals surface area contributed by atoms with Crippen LogP contribution in [0.3, 0.4) is 0 Å². The Hall–Kier alpha value is -2.36. The first kappa shape index (κ1) is 12.1. The highest BCUT2D eigenvalue weighted by molar-refractivity contribution is 5.67. The highest BCUT2D eigenvalue weighted by Crippen LogP contribution is 2.20. The van der Waals surface area contributed by atoms with Gasteiger partial charge in [0.2, 0.25) is 0 Å². The van der Waals surface area contributed by atoms with Crippen LogP contribution in [0.1, 0.15) is 11.6 Å². The molecule has 0 aliphatic heterocycles. The van der Waals surface area contributed by atoms with Crippen molar-refractivity contribution in [3.05, 3.63) is 54.4 Å². The summed E-state index contributed by atoms with van der Waals surface area (Å²) in [4.78, 5) is 15.2. The summed E-state index contributed by atoms with van der Waals surface area (Å²) in [6, 6.07) is 10.9. The van der Waals surface area contributed by atoms with Gasteiger partial charge in [-0.3, -0.25) is 4.98 Å². The third kappa shape index (κ3) is 2.85. The van der Waals surface area contributed by atoms with Crippen molar-refractivity contribution in [3.63, 3.8) is 0 Å². The number of methoxy groups -OCH3 is 1. The maximum Gasteiger partial charge on any atom is 0.146 e. The zero-order valence-electron chi connectivity index (χ0n) is 10.0. The van der Waals surface area contributed by atoms with Gasteiger partial charge in [0.05, 0.1) is 25.2 Å². The van der Waals surface area contributed by atoms with Crippen LogP contribution >= 0.6 is 0 Å². The molecule has 0 saturated carbocycles. The lowest BCUT2D eigenvalue weighted by atomic mass is 10.1. The van der Waals surface area contributed by atoms with Crippen LogP contribution < -0.4 is 10.1 Å². The quantitative estimate of drug-likeness (QED) is 0.818. The molecule has 0 aliphatic rings. The lowest BCUT2D eigenvalue weighted by molar-refractivity contribution is -0.108. The van der Waals surface area contributed by atoms with E-state index in [1.165, 1.54) is 0 Å². The van der Waals surface area contributed by atoms with E-state index in [0.717, 1.165) is 17.5 Å². The second kappa shape index (κ2) is 5.82. The smallest absolute Gasteiger partial charge is 0.146 e. The summed E-state index contributed by atoms with van der Waals surface area (Å²) < 4.78 is 5.08. The van der Waals surface area contributed by atoms with Crippen LogP contribution in [-0.2, 0) is 4.79 Å². The molecule has 1 heterocycles. The van der Waals surface area contributed by atoms with Crippen molar-refractivity contribution in [2.45, 2.75) is 6.04 Å². The number of carbonyl (C=O) groups is 1. The molecule has 1 aromatic carbocycles. The largest absolute Gasteiger partial charge is 0.495 e. The number of rotatable bonds is 5. The van der Waals surface area contributed by atoms with Gasteiger partial charge in [-0.2, -0.15) is 0 Å². The molecule has 0 spiro atoms. The number of ether oxygens (including phenoxy) is 1. The molecular formula is C14H14N2O2. The van der Waals surface area contributed by atoms with E-state index in [1.54, 1.807) is 25.6 Å².